The molecule has 18 heavy (non-hydrogen) atoms. The second kappa shape index (κ2) is 5.41. The smallest absolute Gasteiger partial charge is 0.0936 e. The lowest BCUT2D eigenvalue weighted by molar-refractivity contribution is -0.0618. The first-order valence-corrected chi connectivity index (χ1v) is 6.96. The van der Waals surface area contributed by atoms with Crippen molar-refractivity contribution in [3.63, 3.8) is 0 Å². The molecule has 0 amide bonds. The van der Waals surface area contributed by atoms with Crippen molar-refractivity contribution in [3.05, 3.63) is 35.4 Å². The van der Waals surface area contributed by atoms with Gasteiger partial charge in [0.2, 0.25) is 0 Å². The Balaban J connectivity index is 2.26. The molecular formula is C16H25NO. The predicted octanol–water partition coefficient (Wildman–Crippen LogP) is 2.93. The third-order valence-corrected chi connectivity index (χ3v) is 4.17. The third kappa shape index (κ3) is 2.76. The van der Waals surface area contributed by atoms with Gasteiger partial charge in [0.25, 0.3) is 0 Å². The molecule has 0 aliphatic heterocycles. The van der Waals surface area contributed by atoms with Crippen LogP contribution in [0.2, 0.25) is 0 Å². The van der Waals surface area contributed by atoms with Gasteiger partial charge in [0.05, 0.1) is 5.60 Å². The summed E-state index contributed by atoms with van der Waals surface area (Å²) >= 11 is 0. The van der Waals surface area contributed by atoms with E-state index >= 15 is 0 Å². The zero-order chi connectivity index (χ0) is 13.2. The van der Waals surface area contributed by atoms with E-state index < -0.39 is 5.60 Å². The quantitative estimate of drug-likeness (QED) is 0.887. The van der Waals surface area contributed by atoms with Gasteiger partial charge in [-0.05, 0) is 39.4 Å². The Morgan fingerprint density at radius 3 is 2.50 bits per heavy atom. The van der Waals surface area contributed by atoms with Crippen molar-refractivity contribution in [2.24, 2.45) is 5.92 Å². The van der Waals surface area contributed by atoms with Crippen molar-refractivity contribution >= 4 is 0 Å². The van der Waals surface area contributed by atoms with Gasteiger partial charge in [0, 0.05) is 12.5 Å². The number of hydrogen-bond donors (Lipinski definition) is 1. The van der Waals surface area contributed by atoms with Crippen molar-refractivity contribution in [1.29, 1.82) is 0 Å². The molecule has 1 fully saturated rings. The van der Waals surface area contributed by atoms with Crippen LogP contribution in [0.3, 0.4) is 0 Å². The molecule has 0 radical (unpaired) electrons. The number of aryl methyl sites for hydroxylation is 1. The molecule has 2 atom stereocenters. The van der Waals surface area contributed by atoms with E-state index in [0.29, 0.717) is 5.92 Å². The minimum Gasteiger partial charge on any atom is -0.385 e. The van der Waals surface area contributed by atoms with E-state index in [4.69, 9.17) is 0 Å². The molecule has 2 heteroatoms. The molecule has 1 aromatic carbocycles. The monoisotopic (exact) mass is 247 g/mol. The van der Waals surface area contributed by atoms with Crippen LogP contribution < -0.4 is 0 Å². The number of benzene rings is 1. The summed E-state index contributed by atoms with van der Waals surface area (Å²) in [6.07, 6.45) is 4.40. The molecule has 1 aliphatic carbocycles. The van der Waals surface area contributed by atoms with E-state index in [0.717, 1.165) is 31.4 Å². The highest BCUT2D eigenvalue weighted by Gasteiger charge is 2.40. The van der Waals surface area contributed by atoms with Gasteiger partial charge in [-0.1, -0.05) is 42.7 Å². The maximum Gasteiger partial charge on any atom is 0.0936 e. The Hall–Kier alpha value is -0.860. The van der Waals surface area contributed by atoms with Gasteiger partial charge in [0.15, 0.2) is 0 Å². The Morgan fingerprint density at radius 2 is 1.89 bits per heavy atom. The first kappa shape index (κ1) is 13.6. The second-order valence-corrected chi connectivity index (χ2v) is 6.00. The molecule has 100 valence electrons. The van der Waals surface area contributed by atoms with Crippen molar-refractivity contribution < 1.29 is 5.11 Å². The first-order valence-electron chi connectivity index (χ1n) is 6.96. The first-order chi connectivity index (χ1) is 8.52. The van der Waals surface area contributed by atoms with Crippen LogP contribution in [0.4, 0.5) is 0 Å². The van der Waals surface area contributed by atoms with Crippen LogP contribution in [0.25, 0.3) is 0 Å². The van der Waals surface area contributed by atoms with Crippen molar-refractivity contribution in [2.45, 2.75) is 38.2 Å². The standard InChI is InChI=1S/C16H25NO/c1-13-7-9-14(10-8-13)16(18)11-5-4-6-15(16)12-17(2)3/h7-10,15,18H,4-6,11-12H2,1-3H3. The lowest BCUT2D eigenvalue weighted by atomic mass is 9.71. The highest BCUT2D eigenvalue weighted by molar-refractivity contribution is 5.27. The van der Waals surface area contributed by atoms with Gasteiger partial charge < -0.3 is 10.0 Å². The van der Waals surface area contributed by atoms with Gasteiger partial charge >= 0.3 is 0 Å². The fraction of sp³-hybridized carbons (Fsp3) is 0.625. The normalized spacial score (nSPS) is 28.6. The van der Waals surface area contributed by atoms with E-state index in [1.807, 2.05) is 0 Å². The topological polar surface area (TPSA) is 23.5 Å². The largest absolute Gasteiger partial charge is 0.385 e. The minimum atomic E-state index is -0.629. The van der Waals surface area contributed by atoms with Crippen LogP contribution in [0.15, 0.2) is 24.3 Å². The molecule has 2 rings (SSSR count). The average Bonchev–Trinajstić information content (AvgIpc) is 2.32. The fourth-order valence-corrected chi connectivity index (χ4v) is 3.13. The minimum absolute atomic E-state index is 0.351. The van der Waals surface area contributed by atoms with Crippen LogP contribution in [-0.4, -0.2) is 30.6 Å². The van der Waals surface area contributed by atoms with Crippen LogP contribution in [0.5, 0.6) is 0 Å². The third-order valence-electron chi connectivity index (χ3n) is 4.17. The Bertz CT molecular complexity index is 385. The number of nitrogens with zero attached hydrogens (tertiary/aromatic N) is 1. The molecule has 0 saturated heterocycles. The summed E-state index contributed by atoms with van der Waals surface area (Å²) < 4.78 is 0. The highest BCUT2D eigenvalue weighted by atomic mass is 16.3. The molecule has 1 aliphatic rings. The van der Waals surface area contributed by atoms with Crippen molar-refractivity contribution in [3.8, 4) is 0 Å². The van der Waals surface area contributed by atoms with Gasteiger partial charge in [0.1, 0.15) is 0 Å². The maximum atomic E-state index is 11.1. The van der Waals surface area contributed by atoms with Gasteiger partial charge in [-0.25, -0.2) is 0 Å². The van der Waals surface area contributed by atoms with Gasteiger partial charge in [-0.3, -0.25) is 0 Å². The molecular weight excluding hydrogens is 222 g/mol. The zero-order valence-corrected chi connectivity index (χ0v) is 11.8. The molecule has 0 spiro atoms. The zero-order valence-electron chi connectivity index (χ0n) is 11.8. The second-order valence-electron chi connectivity index (χ2n) is 6.00. The number of hydrogen-bond acceptors (Lipinski definition) is 2. The van der Waals surface area contributed by atoms with Crippen LogP contribution >= 0.6 is 0 Å². The van der Waals surface area contributed by atoms with Crippen molar-refractivity contribution in [1.82, 2.24) is 4.90 Å². The maximum absolute atomic E-state index is 11.1. The molecule has 2 unspecified atom stereocenters. The fourth-order valence-electron chi connectivity index (χ4n) is 3.13. The van der Waals surface area contributed by atoms with Gasteiger partial charge in [-0.15, -0.1) is 0 Å². The number of aliphatic hydroxyl groups is 1. The van der Waals surface area contributed by atoms with E-state index in [1.54, 1.807) is 0 Å². The molecule has 1 aromatic rings. The Labute approximate surface area is 111 Å². The number of rotatable bonds is 3. The Morgan fingerprint density at radius 1 is 1.22 bits per heavy atom. The molecule has 0 aromatic heterocycles. The summed E-state index contributed by atoms with van der Waals surface area (Å²) in [4.78, 5) is 2.19. The SMILES string of the molecule is Cc1ccc(C2(O)CCCCC2CN(C)C)cc1. The Kier molecular flexibility index (Phi) is 4.08. The summed E-state index contributed by atoms with van der Waals surface area (Å²) in [6.45, 7) is 3.05. The molecule has 0 bridgehead atoms. The van der Waals surface area contributed by atoms with Crippen LogP contribution in [0.1, 0.15) is 36.8 Å². The van der Waals surface area contributed by atoms with Crippen LogP contribution in [0, 0.1) is 12.8 Å². The molecule has 2 nitrogen and oxygen atoms in total. The lowest BCUT2D eigenvalue weighted by Gasteiger charge is -2.41. The van der Waals surface area contributed by atoms with E-state index in [9.17, 15) is 5.11 Å². The predicted molar refractivity (Wildman–Crippen MR) is 75.6 cm³/mol. The summed E-state index contributed by atoms with van der Waals surface area (Å²) in [7, 11) is 4.17. The average molecular weight is 247 g/mol. The molecule has 1 saturated carbocycles. The summed E-state index contributed by atoms with van der Waals surface area (Å²) in [6, 6.07) is 8.41. The van der Waals surface area contributed by atoms with E-state index in [-0.39, 0.29) is 0 Å². The summed E-state index contributed by atoms with van der Waals surface area (Å²) in [5.74, 6) is 0.351. The summed E-state index contributed by atoms with van der Waals surface area (Å²) in [5.41, 5.74) is 1.72. The van der Waals surface area contributed by atoms with Crippen molar-refractivity contribution in [2.75, 3.05) is 20.6 Å². The van der Waals surface area contributed by atoms with Gasteiger partial charge in [-0.2, -0.15) is 0 Å². The van der Waals surface area contributed by atoms with E-state index in [2.05, 4.69) is 50.2 Å². The van der Waals surface area contributed by atoms with Crippen LogP contribution in [-0.2, 0) is 5.60 Å². The molecule has 1 N–H and O–H groups in total. The van der Waals surface area contributed by atoms with E-state index in [1.165, 1.54) is 12.0 Å². The lowest BCUT2D eigenvalue weighted by Crippen LogP contribution is -2.43. The summed E-state index contributed by atoms with van der Waals surface area (Å²) in [5, 5.41) is 11.1. The molecule has 0 heterocycles. The highest BCUT2D eigenvalue weighted by Crippen LogP contribution is 2.41.